The third-order valence-electron chi connectivity index (χ3n) is 6.61. The number of nitrogens with zero attached hydrogens (tertiary/aromatic N) is 1. The molecule has 2 heterocycles. The first kappa shape index (κ1) is 29.5. The van der Waals surface area contributed by atoms with Crippen LogP contribution < -0.4 is 19.5 Å². The van der Waals surface area contributed by atoms with Crippen LogP contribution in [0.1, 0.15) is 25.0 Å². The standard InChI is InChI=1S/C28H33N3O7S2/c1-20(16-23-6-4-3-5-7-23)27(31-40(35,36)24-8-9-25-26(17-24)38-19-37-25)30-28(32)21(2)18-39(33,34)15-12-22-10-13-29-14-11-22/h3-11,13-14,17,20-21,27,31H,12,15-16,18-19H2,1-2H3,(H,30,32)/t20-,21?,27-/m0/s1. The number of aryl methyl sites for hydroxylation is 1. The number of hydrogen-bond donors (Lipinski definition) is 2. The Balaban J connectivity index is 1.47. The Morgan fingerprint density at radius 2 is 1.62 bits per heavy atom. The van der Waals surface area contributed by atoms with Gasteiger partial charge in [0, 0.05) is 24.4 Å². The molecule has 1 aliphatic heterocycles. The van der Waals surface area contributed by atoms with E-state index in [1.54, 1.807) is 24.5 Å². The van der Waals surface area contributed by atoms with E-state index < -0.39 is 37.9 Å². The summed E-state index contributed by atoms with van der Waals surface area (Å²) in [6.07, 6.45) is 2.96. The maximum Gasteiger partial charge on any atom is 0.242 e. The number of sulfone groups is 1. The van der Waals surface area contributed by atoms with Crippen LogP contribution in [-0.4, -0.2) is 52.2 Å². The molecule has 12 heteroatoms. The van der Waals surface area contributed by atoms with Gasteiger partial charge in [-0.05, 0) is 54.2 Å². The summed E-state index contributed by atoms with van der Waals surface area (Å²) in [5.74, 6) is -1.55. The molecular weight excluding hydrogens is 554 g/mol. The van der Waals surface area contributed by atoms with Crippen molar-refractivity contribution in [3.63, 3.8) is 0 Å². The number of amides is 1. The van der Waals surface area contributed by atoms with Gasteiger partial charge in [-0.25, -0.2) is 16.8 Å². The van der Waals surface area contributed by atoms with E-state index in [2.05, 4.69) is 15.0 Å². The zero-order chi connectivity index (χ0) is 28.8. The van der Waals surface area contributed by atoms with Gasteiger partial charge in [-0.15, -0.1) is 0 Å². The summed E-state index contributed by atoms with van der Waals surface area (Å²) >= 11 is 0. The number of pyridine rings is 1. The van der Waals surface area contributed by atoms with E-state index in [-0.39, 0.29) is 29.1 Å². The summed E-state index contributed by atoms with van der Waals surface area (Å²) < 4.78 is 65.4. The molecule has 0 aliphatic carbocycles. The van der Waals surface area contributed by atoms with Crippen LogP contribution in [0.2, 0.25) is 0 Å². The van der Waals surface area contributed by atoms with Crippen molar-refractivity contribution in [3.05, 3.63) is 84.2 Å². The highest BCUT2D eigenvalue weighted by molar-refractivity contribution is 7.91. The van der Waals surface area contributed by atoms with Gasteiger partial charge in [0.05, 0.1) is 22.6 Å². The highest BCUT2D eigenvalue weighted by Gasteiger charge is 2.30. The molecule has 0 radical (unpaired) electrons. The molecule has 4 rings (SSSR count). The lowest BCUT2D eigenvalue weighted by Crippen LogP contribution is -2.53. The molecule has 40 heavy (non-hydrogen) atoms. The summed E-state index contributed by atoms with van der Waals surface area (Å²) in [5, 5.41) is 2.75. The molecule has 0 spiro atoms. The number of fused-ring (bicyclic) bond motifs is 1. The monoisotopic (exact) mass is 587 g/mol. The Hall–Kier alpha value is -3.48. The zero-order valence-corrected chi connectivity index (χ0v) is 24.0. The third-order valence-corrected chi connectivity index (χ3v) is 9.88. The Morgan fingerprint density at radius 1 is 0.925 bits per heavy atom. The zero-order valence-electron chi connectivity index (χ0n) is 22.3. The second-order valence-corrected chi connectivity index (χ2v) is 13.9. The fraction of sp³-hybridized carbons (Fsp3) is 0.357. The van der Waals surface area contributed by atoms with Crippen LogP contribution >= 0.6 is 0 Å². The van der Waals surface area contributed by atoms with Crippen molar-refractivity contribution in [2.24, 2.45) is 11.8 Å². The Bertz CT molecular complexity index is 1520. The summed E-state index contributed by atoms with van der Waals surface area (Å²) in [7, 11) is -7.65. The van der Waals surface area contributed by atoms with Crippen LogP contribution in [0, 0.1) is 11.8 Å². The van der Waals surface area contributed by atoms with E-state index in [1.165, 1.54) is 25.1 Å². The van der Waals surface area contributed by atoms with Crippen LogP contribution in [0.15, 0.2) is 78.0 Å². The summed E-state index contributed by atoms with van der Waals surface area (Å²) in [4.78, 5) is 17.1. The van der Waals surface area contributed by atoms with Gasteiger partial charge < -0.3 is 14.8 Å². The van der Waals surface area contributed by atoms with Crippen molar-refractivity contribution in [1.82, 2.24) is 15.0 Å². The second-order valence-electron chi connectivity index (χ2n) is 9.91. The molecule has 1 aliphatic rings. The Kier molecular flexibility index (Phi) is 9.44. The van der Waals surface area contributed by atoms with E-state index in [9.17, 15) is 21.6 Å². The average Bonchev–Trinajstić information content (AvgIpc) is 3.40. The number of benzene rings is 2. The fourth-order valence-corrected chi connectivity index (χ4v) is 7.23. The van der Waals surface area contributed by atoms with E-state index in [4.69, 9.17) is 9.47 Å². The van der Waals surface area contributed by atoms with Gasteiger partial charge in [-0.2, -0.15) is 4.72 Å². The lowest BCUT2D eigenvalue weighted by molar-refractivity contribution is -0.125. The predicted molar refractivity (Wildman–Crippen MR) is 150 cm³/mol. The van der Waals surface area contributed by atoms with Crippen molar-refractivity contribution >= 4 is 25.8 Å². The number of rotatable bonds is 13. The molecule has 1 unspecified atom stereocenters. The quantitative estimate of drug-likeness (QED) is 0.291. The van der Waals surface area contributed by atoms with Crippen LogP contribution in [-0.2, 0) is 37.5 Å². The van der Waals surface area contributed by atoms with Crippen molar-refractivity contribution in [2.75, 3.05) is 18.3 Å². The van der Waals surface area contributed by atoms with Gasteiger partial charge in [-0.1, -0.05) is 44.2 Å². The minimum absolute atomic E-state index is 0.00239. The number of ether oxygens (including phenoxy) is 2. The normalized spacial score (nSPS) is 15.2. The molecule has 0 fully saturated rings. The van der Waals surface area contributed by atoms with Gasteiger partial charge in [-0.3, -0.25) is 9.78 Å². The van der Waals surface area contributed by atoms with Gasteiger partial charge in [0.2, 0.25) is 22.7 Å². The number of aromatic nitrogens is 1. The van der Waals surface area contributed by atoms with Crippen molar-refractivity contribution in [3.8, 4) is 11.5 Å². The smallest absolute Gasteiger partial charge is 0.242 e. The van der Waals surface area contributed by atoms with E-state index in [0.717, 1.165) is 11.1 Å². The SMILES string of the molecule is CC(CS(=O)(=O)CCc1ccncc1)C(=O)N[C@@H](NS(=O)(=O)c1ccc2c(c1)OCO2)[C@@H](C)Cc1ccccc1. The Morgan fingerprint density at radius 3 is 2.35 bits per heavy atom. The number of carbonyl (C=O) groups excluding carboxylic acids is 1. The summed E-state index contributed by atoms with van der Waals surface area (Å²) in [5.41, 5.74) is 1.80. The van der Waals surface area contributed by atoms with Gasteiger partial charge >= 0.3 is 0 Å². The minimum atomic E-state index is -4.09. The number of sulfonamides is 1. The van der Waals surface area contributed by atoms with Crippen molar-refractivity contribution in [1.29, 1.82) is 0 Å². The molecule has 1 amide bonds. The first-order valence-electron chi connectivity index (χ1n) is 12.9. The highest BCUT2D eigenvalue weighted by atomic mass is 32.2. The maximum absolute atomic E-state index is 13.3. The second kappa shape index (κ2) is 12.8. The van der Waals surface area contributed by atoms with Gasteiger partial charge in [0.1, 0.15) is 0 Å². The lowest BCUT2D eigenvalue weighted by atomic mass is 9.98. The summed E-state index contributed by atoms with van der Waals surface area (Å²) in [6.45, 7) is 3.34. The predicted octanol–water partition coefficient (Wildman–Crippen LogP) is 2.70. The lowest BCUT2D eigenvalue weighted by Gasteiger charge is -2.27. The molecule has 0 saturated carbocycles. The molecule has 214 valence electrons. The van der Waals surface area contributed by atoms with Crippen molar-refractivity contribution in [2.45, 2.75) is 37.8 Å². The molecule has 0 bridgehead atoms. The molecule has 3 aromatic rings. The van der Waals surface area contributed by atoms with E-state index in [1.807, 2.05) is 37.3 Å². The largest absolute Gasteiger partial charge is 0.454 e. The van der Waals surface area contributed by atoms with Gasteiger partial charge in [0.25, 0.3) is 0 Å². The molecule has 2 N–H and O–H groups in total. The van der Waals surface area contributed by atoms with E-state index in [0.29, 0.717) is 24.3 Å². The minimum Gasteiger partial charge on any atom is -0.454 e. The average molecular weight is 588 g/mol. The molecule has 0 saturated heterocycles. The third kappa shape index (κ3) is 8.03. The topological polar surface area (TPSA) is 141 Å². The molecular formula is C28H33N3O7S2. The summed E-state index contributed by atoms with van der Waals surface area (Å²) in [6, 6.07) is 17.2. The molecule has 3 atom stereocenters. The Labute approximate surface area is 235 Å². The molecule has 10 nitrogen and oxygen atoms in total. The fourth-order valence-electron chi connectivity index (χ4n) is 4.33. The number of nitrogens with one attached hydrogen (secondary N) is 2. The van der Waals surface area contributed by atoms with Crippen LogP contribution in [0.4, 0.5) is 0 Å². The van der Waals surface area contributed by atoms with Crippen LogP contribution in [0.5, 0.6) is 11.5 Å². The van der Waals surface area contributed by atoms with Crippen LogP contribution in [0.3, 0.4) is 0 Å². The highest BCUT2D eigenvalue weighted by Crippen LogP contribution is 2.34. The maximum atomic E-state index is 13.3. The first-order valence-corrected chi connectivity index (χ1v) is 16.2. The number of carbonyl (C=O) groups is 1. The molecule has 1 aromatic heterocycles. The first-order chi connectivity index (χ1) is 19.0. The number of hydrogen-bond acceptors (Lipinski definition) is 8. The van der Waals surface area contributed by atoms with Crippen LogP contribution in [0.25, 0.3) is 0 Å². The van der Waals surface area contributed by atoms with Gasteiger partial charge in [0.15, 0.2) is 21.3 Å². The van der Waals surface area contributed by atoms with E-state index >= 15 is 0 Å². The van der Waals surface area contributed by atoms with Crippen molar-refractivity contribution < 1.29 is 31.1 Å². The molecule has 2 aromatic carbocycles.